The zero-order valence-corrected chi connectivity index (χ0v) is 14.3. The highest BCUT2D eigenvalue weighted by Crippen LogP contribution is 2.35. The monoisotopic (exact) mass is 360 g/mol. The molecule has 0 aromatic heterocycles. The first-order chi connectivity index (χ1) is 11.8. The van der Waals surface area contributed by atoms with Crippen molar-refractivity contribution in [3.05, 3.63) is 18.2 Å². The summed E-state index contributed by atoms with van der Waals surface area (Å²) >= 11 is 0. The normalized spacial score (nSPS) is 16.8. The Labute approximate surface area is 144 Å². The molecule has 5 nitrogen and oxygen atoms in total. The highest BCUT2D eigenvalue weighted by Gasteiger charge is 2.45. The quantitative estimate of drug-likeness (QED) is 0.821. The van der Waals surface area contributed by atoms with Crippen molar-refractivity contribution in [2.45, 2.75) is 44.3 Å². The first kappa shape index (κ1) is 19.2. The minimum Gasteiger partial charge on any atom is -0.497 e. The number of carbonyl (C=O) groups is 1. The molecule has 1 aromatic carbocycles. The summed E-state index contributed by atoms with van der Waals surface area (Å²) in [5.41, 5.74) is 0.240. The topological polar surface area (TPSA) is 59.6 Å². The van der Waals surface area contributed by atoms with E-state index in [9.17, 15) is 18.0 Å². The second-order valence-corrected chi connectivity index (χ2v) is 6.08. The molecular weight excluding hydrogens is 337 g/mol. The van der Waals surface area contributed by atoms with Gasteiger partial charge in [0.25, 0.3) is 0 Å². The minimum absolute atomic E-state index is 0.240. The molecule has 1 fully saturated rings. The number of urea groups is 1. The lowest BCUT2D eigenvalue weighted by Gasteiger charge is -2.32. The SMILES string of the molecule is COc1ccc(OC)c(NC(=O)N[C@@H](C2CCCCC2)C(F)(F)F)c1. The Bertz CT molecular complexity index is 587. The summed E-state index contributed by atoms with van der Waals surface area (Å²) in [7, 11) is 2.86. The lowest BCUT2D eigenvalue weighted by molar-refractivity contribution is -0.167. The van der Waals surface area contributed by atoms with Gasteiger partial charge in [0.05, 0.1) is 19.9 Å². The Balaban J connectivity index is 2.11. The third kappa shape index (κ3) is 5.17. The predicted octanol–water partition coefficient (Wildman–Crippen LogP) is 4.34. The Morgan fingerprint density at radius 2 is 1.84 bits per heavy atom. The average molecular weight is 360 g/mol. The van der Waals surface area contributed by atoms with Crippen LogP contribution in [0.3, 0.4) is 0 Å². The molecule has 0 spiro atoms. The van der Waals surface area contributed by atoms with Crippen LogP contribution in [0.5, 0.6) is 11.5 Å². The number of ether oxygens (including phenoxy) is 2. The van der Waals surface area contributed by atoms with Crippen LogP contribution >= 0.6 is 0 Å². The fraction of sp³-hybridized carbons (Fsp3) is 0.588. The Morgan fingerprint density at radius 3 is 2.40 bits per heavy atom. The molecule has 1 aromatic rings. The standard InChI is InChI=1S/C17H23F3N2O3/c1-24-12-8-9-14(25-2)13(10-12)21-16(23)22-15(17(18,19)20)11-6-4-3-5-7-11/h8-11,15H,3-7H2,1-2H3,(H2,21,22,23)/t15-/m0/s1. The number of hydrogen-bond acceptors (Lipinski definition) is 3. The van der Waals surface area contributed by atoms with E-state index in [1.165, 1.54) is 20.3 Å². The van der Waals surface area contributed by atoms with Crippen molar-refractivity contribution in [2.75, 3.05) is 19.5 Å². The molecule has 2 rings (SSSR count). The molecule has 1 aliphatic rings. The van der Waals surface area contributed by atoms with Gasteiger partial charge in [0.2, 0.25) is 0 Å². The van der Waals surface area contributed by atoms with E-state index < -0.39 is 24.2 Å². The molecule has 140 valence electrons. The minimum atomic E-state index is -4.49. The first-order valence-corrected chi connectivity index (χ1v) is 8.21. The van der Waals surface area contributed by atoms with Crippen molar-refractivity contribution >= 4 is 11.7 Å². The van der Waals surface area contributed by atoms with Gasteiger partial charge in [-0.1, -0.05) is 19.3 Å². The Hall–Kier alpha value is -2.12. The summed E-state index contributed by atoms with van der Waals surface area (Å²) in [4.78, 5) is 12.2. The molecular formula is C17H23F3N2O3. The van der Waals surface area contributed by atoms with Gasteiger partial charge in [-0.2, -0.15) is 13.2 Å². The smallest absolute Gasteiger partial charge is 0.408 e. The van der Waals surface area contributed by atoms with Gasteiger partial charge >= 0.3 is 12.2 Å². The molecule has 0 saturated heterocycles. The lowest BCUT2D eigenvalue weighted by atomic mass is 9.83. The van der Waals surface area contributed by atoms with Gasteiger partial charge in [0, 0.05) is 6.07 Å². The number of rotatable bonds is 5. The van der Waals surface area contributed by atoms with Crippen molar-refractivity contribution in [2.24, 2.45) is 5.92 Å². The summed E-state index contributed by atoms with van der Waals surface area (Å²) in [6.45, 7) is 0. The number of benzene rings is 1. The van der Waals surface area contributed by atoms with Gasteiger partial charge in [-0.3, -0.25) is 0 Å². The second-order valence-electron chi connectivity index (χ2n) is 6.08. The van der Waals surface area contributed by atoms with E-state index in [2.05, 4.69) is 10.6 Å². The molecule has 0 bridgehead atoms. The van der Waals surface area contributed by atoms with E-state index >= 15 is 0 Å². The number of carbonyl (C=O) groups excluding carboxylic acids is 1. The van der Waals surface area contributed by atoms with Crippen molar-refractivity contribution in [3.63, 3.8) is 0 Å². The maximum Gasteiger partial charge on any atom is 0.408 e. The fourth-order valence-electron chi connectivity index (χ4n) is 3.15. The van der Waals surface area contributed by atoms with E-state index in [1.54, 1.807) is 12.1 Å². The summed E-state index contributed by atoms with van der Waals surface area (Å²) in [5.74, 6) is 0.194. The molecule has 0 unspecified atom stereocenters. The number of anilines is 1. The Kier molecular flexibility index (Phi) is 6.39. The third-order valence-electron chi connectivity index (χ3n) is 4.42. The predicted molar refractivity (Wildman–Crippen MR) is 88.1 cm³/mol. The van der Waals surface area contributed by atoms with Crippen LogP contribution in [0, 0.1) is 5.92 Å². The van der Waals surface area contributed by atoms with Crippen LogP contribution in [0.2, 0.25) is 0 Å². The van der Waals surface area contributed by atoms with Gasteiger partial charge < -0.3 is 20.1 Å². The van der Waals surface area contributed by atoms with Crippen LogP contribution in [0.15, 0.2) is 18.2 Å². The number of nitrogens with one attached hydrogen (secondary N) is 2. The zero-order valence-electron chi connectivity index (χ0n) is 14.3. The maximum atomic E-state index is 13.4. The molecule has 1 saturated carbocycles. The van der Waals surface area contributed by atoms with Crippen molar-refractivity contribution in [1.29, 1.82) is 0 Å². The average Bonchev–Trinajstić information content (AvgIpc) is 2.59. The molecule has 1 atom stereocenters. The maximum absolute atomic E-state index is 13.4. The highest BCUT2D eigenvalue weighted by atomic mass is 19.4. The number of hydrogen-bond donors (Lipinski definition) is 2. The van der Waals surface area contributed by atoms with Crippen LogP contribution in [0.4, 0.5) is 23.7 Å². The molecule has 0 heterocycles. The van der Waals surface area contributed by atoms with E-state index in [0.29, 0.717) is 24.3 Å². The van der Waals surface area contributed by atoms with Gasteiger partial charge in [0.15, 0.2) is 0 Å². The second kappa shape index (κ2) is 8.31. The number of alkyl halides is 3. The summed E-state index contributed by atoms with van der Waals surface area (Å²) in [5, 5.41) is 4.52. The number of halogens is 3. The summed E-state index contributed by atoms with van der Waals surface area (Å²) in [6.07, 6.45) is -1.11. The molecule has 0 radical (unpaired) electrons. The van der Waals surface area contributed by atoms with Crippen LogP contribution in [-0.2, 0) is 0 Å². The van der Waals surface area contributed by atoms with Gasteiger partial charge in [-0.25, -0.2) is 4.79 Å². The molecule has 2 N–H and O–H groups in total. The molecule has 2 amide bonds. The van der Waals surface area contributed by atoms with Crippen LogP contribution in [-0.4, -0.2) is 32.5 Å². The van der Waals surface area contributed by atoms with E-state index in [0.717, 1.165) is 19.3 Å². The molecule has 8 heteroatoms. The van der Waals surface area contributed by atoms with Gasteiger partial charge in [-0.05, 0) is 30.9 Å². The van der Waals surface area contributed by atoms with E-state index in [-0.39, 0.29) is 5.69 Å². The van der Waals surface area contributed by atoms with Crippen molar-refractivity contribution in [1.82, 2.24) is 5.32 Å². The molecule has 25 heavy (non-hydrogen) atoms. The number of methoxy groups -OCH3 is 2. The number of amides is 2. The zero-order chi connectivity index (χ0) is 18.4. The largest absolute Gasteiger partial charge is 0.497 e. The highest BCUT2D eigenvalue weighted by molar-refractivity contribution is 5.91. The summed E-state index contributed by atoms with van der Waals surface area (Å²) in [6, 6.07) is 1.91. The Morgan fingerprint density at radius 1 is 1.16 bits per heavy atom. The fourth-order valence-corrected chi connectivity index (χ4v) is 3.15. The third-order valence-corrected chi connectivity index (χ3v) is 4.42. The van der Waals surface area contributed by atoms with Crippen molar-refractivity contribution < 1.29 is 27.4 Å². The molecule has 1 aliphatic carbocycles. The summed E-state index contributed by atoms with van der Waals surface area (Å²) < 4.78 is 50.3. The molecule has 0 aliphatic heterocycles. The van der Waals surface area contributed by atoms with Gasteiger partial charge in [-0.15, -0.1) is 0 Å². The van der Waals surface area contributed by atoms with Crippen LogP contribution < -0.4 is 20.1 Å². The lowest BCUT2D eigenvalue weighted by Crippen LogP contribution is -2.51. The van der Waals surface area contributed by atoms with E-state index in [1.807, 2.05) is 0 Å². The van der Waals surface area contributed by atoms with Gasteiger partial charge in [0.1, 0.15) is 17.5 Å². The van der Waals surface area contributed by atoms with E-state index in [4.69, 9.17) is 9.47 Å². The first-order valence-electron chi connectivity index (χ1n) is 8.21. The van der Waals surface area contributed by atoms with Crippen molar-refractivity contribution in [3.8, 4) is 11.5 Å². The van der Waals surface area contributed by atoms with Crippen LogP contribution in [0.1, 0.15) is 32.1 Å². The van der Waals surface area contributed by atoms with Crippen LogP contribution in [0.25, 0.3) is 0 Å².